The number of nitrogens with one attached hydrogen (secondary N) is 1. The Bertz CT molecular complexity index is 1190. The van der Waals surface area contributed by atoms with E-state index in [-0.39, 0.29) is 22.8 Å². The molecule has 10 heteroatoms. The summed E-state index contributed by atoms with van der Waals surface area (Å²) in [7, 11) is 0. The molecule has 1 N–H and O–H groups in total. The summed E-state index contributed by atoms with van der Waals surface area (Å²) in [5.74, 6) is 0.159. The SMILES string of the molecule is Cc1ccc(-c2csc(NC(=O)CSc3nnc(-c4ccc(Cl)cc4Cl)o3)n2)cc1. The van der Waals surface area contributed by atoms with Gasteiger partial charge in [0.25, 0.3) is 5.22 Å². The monoisotopic (exact) mass is 476 g/mol. The third-order valence-corrected chi connectivity index (χ3v) is 6.12. The molecule has 0 radical (unpaired) electrons. The minimum absolute atomic E-state index is 0.107. The number of aromatic nitrogens is 3. The smallest absolute Gasteiger partial charge is 0.277 e. The largest absolute Gasteiger partial charge is 0.411 e. The Kier molecular flexibility index (Phi) is 6.38. The second-order valence-electron chi connectivity index (χ2n) is 6.24. The topological polar surface area (TPSA) is 80.9 Å². The fraction of sp³-hybridized carbons (Fsp3) is 0.100. The van der Waals surface area contributed by atoms with Gasteiger partial charge in [0.2, 0.25) is 11.8 Å². The van der Waals surface area contributed by atoms with Gasteiger partial charge in [-0.2, -0.15) is 0 Å². The van der Waals surface area contributed by atoms with Gasteiger partial charge in [-0.25, -0.2) is 4.98 Å². The molecule has 152 valence electrons. The van der Waals surface area contributed by atoms with E-state index < -0.39 is 0 Å². The van der Waals surface area contributed by atoms with E-state index >= 15 is 0 Å². The summed E-state index contributed by atoms with van der Waals surface area (Å²) >= 11 is 14.6. The molecule has 0 atom stereocenters. The highest BCUT2D eigenvalue weighted by Crippen LogP contribution is 2.31. The summed E-state index contributed by atoms with van der Waals surface area (Å²) in [5.41, 5.74) is 3.59. The first kappa shape index (κ1) is 20.9. The lowest BCUT2D eigenvalue weighted by atomic mass is 10.1. The summed E-state index contributed by atoms with van der Waals surface area (Å²) in [5, 5.41) is 14.4. The first-order valence-corrected chi connectivity index (χ1v) is 11.3. The average Bonchev–Trinajstić information content (AvgIpc) is 3.37. The van der Waals surface area contributed by atoms with Gasteiger partial charge in [0, 0.05) is 16.0 Å². The van der Waals surface area contributed by atoms with E-state index in [2.05, 4.69) is 20.5 Å². The zero-order valence-corrected chi connectivity index (χ0v) is 18.7. The van der Waals surface area contributed by atoms with Gasteiger partial charge in [-0.3, -0.25) is 4.79 Å². The molecule has 30 heavy (non-hydrogen) atoms. The predicted molar refractivity (Wildman–Crippen MR) is 121 cm³/mol. The number of rotatable bonds is 6. The van der Waals surface area contributed by atoms with Crippen molar-refractivity contribution in [3.05, 3.63) is 63.5 Å². The molecule has 4 rings (SSSR count). The molecule has 0 saturated carbocycles. The standard InChI is InChI=1S/C20H14Cl2N4O2S2/c1-11-2-4-12(5-3-11)16-9-29-19(23-16)24-17(27)10-30-20-26-25-18(28-20)14-7-6-13(21)8-15(14)22/h2-9H,10H2,1H3,(H,23,24,27). The van der Waals surface area contributed by atoms with Crippen molar-refractivity contribution in [3.63, 3.8) is 0 Å². The zero-order chi connectivity index (χ0) is 21.1. The van der Waals surface area contributed by atoms with Crippen LogP contribution in [0, 0.1) is 6.92 Å². The van der Waals surface area contributed by atoms with Crippen LogP contribution in [0.15, 0.2) is 57.5 Å². The minimum Gasteiger partial charge on any atom is -0.411 e. The predicted octanol–water partition coefficient (Wildman–Crippen LogP) is 6.21. The molecule has 0 bridgehead atoms. The zero-order valence-electron chi connectivity index (χ0n) is 15.6. The van der Waals surface area contributed by atoms with Crippen LogP contribution in [0.2, 0.25) is 10.0 Å². The number of thiazole rings is 1. The molecule has 6 nitrogen and oxygen atoms in total. The molecular weight excluding hydrogens is 463 g/mol. The van der Waals surface area contributed by atoms with Gasteiger partial charge in [0.05, 0.1) is 22.0 Å². The molecule has 2 heterocycles. The number of halogens is 2. The van der Waals surface area contributed by atoms with Gasteiger partial charge < -0.3 is 9.73 Å². The number of carbonyl (C=O) groups excluding carboxylic acids is 1. The highest BCUT2D eigenvalue weighted by Gasteiger charge is 2.15. The van der Waals surface area contributed by atoms with Crippen LogP contribution in [-0.4, -0.2) is 26.8 Å². The molecule has 2 aromatic heterocycles. The van der Waals surface area contributed by atoms with Crippen molar-refractivity contribution in [2.75, 3.05) is 11.1 Å². The molecule has 0 aliphatic carbocycles. The maximum Gasteiger partial charge on any atom is 0.277 e. The van der Waals surface area contributed by atoms with Crippen LogP contribution in [0.25, 0.3) is 22.7 Å². The quantitative estimate of drug-likeness (QED) is 0.333. The van der Waals surface area contributed by atoms with Crippen LogP contribution in [-0.2, 0) is 4.79 Å². The molecule has 0 saturated heterocycles. The minimum atomic E-state index is -0.214. The van der Waals surface area contributed by atoms with Crippen molar-refractivity contribution < 1.29 is 9.21 Å². The van der Waals surface area contributed by atoms with Crippen molar-refractivity contribution in [1.29, 1.82) is 0 Å². The molecule has 0 aliphatic rings. The third kappa shape index (κ3) is 5.02. The fourth-order valence-electron chi connectivity index (χ4n) is 2.51. The Morgan fingerprint density at radius 1 is 1.17 bits per heavy atom. The summed E-state index contributed by atoms with van der Waals surface area (Å²) in [6.07, 6.45) is 0. The van der Waals surface area contributed by atoms with E-state index in [1.165, 1.54) is 16.9 Å². The van der Waals surface area contributed by atoms with Crippen LogP contribution in [0.4, 0.5) is 5.13 Å². The van der Waals surface area contributed by atoms with Crippen molar-refractivity contribution in [2.45, 2.75) is 12.1 Å². The number of carbonyl (C=O) groups is 1. The molecule has 4 aromatic rings. The molecule has 0 aliphatic heterocycles. The molecule has 0 spiro atoms. The van der Waals surface area contributed by atoms with Crippen molar-refractivity contribution in [2.24, 2.45) is 0 Å². The van der Waals surface area contributed by atoms with Gasteiger partial charge in [0.1, 0.15) is 0 Å². The highest BCUT2D eigenvalue weighted by molar-refractivity contribution is 7.99. The summed E-state index contributed by atoms with van der Waals surface area (Å²) in [6, 6.07) is 13.1. The van der Waals surface area contributed by atoms with Gasteiger partial charge in [-0.05, 0) is 25.1 Å². The Labute approximate surface area is 190 Å². The molecule has 0 fully saturated rings. The summed E-state index contributed by atoms with van der Waals surface area (Å²) < 4.78 is 5.58. The number of benzene rings is 2. The van der Waals surface area contributed by atoms with Crippen molar-refractivity contribution >= 4 is 57.3 Å². The molecule has 1 amide bonds. The first-order chi connectivity index (χ1) is 14.5. The Hall–Kier alpha value is -2.39. The van der Waals surface area contributed by atoms with Gasteiger partial charge in [-0.15, -0.1) is 21.5 Å². The summed E-state index contributed by atoms with van der Waals surface area (Å²) in [6.45, 7) is 2.03. The van der Waals surface area contributed by atoms with Gasteiger partial charge in [0.15, 0.2) is 5.13 Å². The summed E-state index contributed by atoms with van der Waals surface area (Å²) in [4.78, 5) is 16.7. The number of hydrogen-bond acceptors (Lipinski definition) is 7. The average molecular weight is 477 g/mol. The van der Waals surface area contributed by atoms with E-state index in [1.807, 2.05) is 36.6 Å². The maximum absolute atomic E-state index is 12.3. The van der Waals surface area contributed by atoms with Crippen LogP contribution in [0.5, 0.6) is 0 Å². The van der Waals surface area contributed by atoms with Crippen LogP contribution >= 0.6 is 46.3 Å². The molecule has 2 aromatic carbocycles. The normalized spacial score (nSPS) is 10.9. The lowest BCUT2D eigenvalue weighted by Crippen LogP contribution is -2.13. The van der Waals surface area contributed by atoms with Crippen LogP contribution in [0.3, 0.4) is 0 Å². The number of thioether (sulfide) groups is 1. The van der Waals surface area contributed by atoms with Crippen molar-refractivity contribution in [1.82, 2.24) is 15.2 Å². The van der Waals surface area contributed by atoms with E-state index in [0.717, 1.165) is 23.0 Å². The van der Waals surface area contributed by atoms with E-state index in [1.54, 1.807) is 18.2 Å². The second kappa shape index (κ2) is 9.18. The number of amides is 1. The lowest BCUT2D eigenvalue weighted by molar-refractivity contribution is -0.113. The molecule has 0 unspecified atom stereocenters. The number of hydrogen-bond donors (Lipinski definition) is 1. The number of anilines is 1. The maximum atomic E-state index is 12.3. The van der Waals surface area contributed by atoms with Gasteiger partial charge >= 0.3 is 0 Å². The third-order valence-electron chi connectivity index (χ3n) is 3.99. The van der Waals surface area contributed by atoms with Crippen LogP contribution < -0.4 is 5.32 Å². The highest BCUT2D eigenvalue weighted by atomic mass is 35.5. The van der Waals surface area contributed by atoms with E-state index in [4.69, 9.17) is 27.6 Å². The lowest BCUT2D eigenvalue weighted by Gasteiger charge is -2.00. The van der Waals surface area contributed by atoms with E-state index in [9.17, 15) is 4.79 Å². The van der Waals surface area contributed by atoms with Gasteiger partial charge in [-0.1, -0.05) is 64.8 Å². The fourth-order valence-corrected chi connectivity index (χ4v) is 4.30. The molecular formula is C20H14Cl2N4O2S2. The van der Waals surface area contributed by atoms with Crippen LogP contribution in [0.1, 0.15) is 5.56 Å². The Morgan fingerprint density at radius 2 is 1.97 bits per heavy atom. The second-order valence-corrected chi connectivity index (χ2v) is 8.87. The van der Waals surface area contributed by atoms with Crippen molar-refractivity contribution in [3.8, 4) is 22.7 Å². The Morgan fingerprint density at radius 3 is 2.73 bits per heavy atom. The number of aryl methyl sites for hydroxylation is 1. The van der Waals surface area contributed by atoms with E-state index in [0.29, 0.717) is 20.7 Å². The Balaban J connectivity index is 1.34. The number of nitrogens with zero attached hydrogens (tertiary/aromatic N) is 3. The first-order valence-electron chi connectivity index (χ1n) is 8.72.